The first kappa shape index (κ1) is 18.4. The zero-order valence-corrected chi connectivity index (χ0v) is 14.6. The van der Waals surface area contributed by atoms with Gasteiger partial charge in [0.1, 0.15) is 5.54 Å². The summed E-state index contributed by atoms with van der Waals surface area (Å²) in [5.41, 5.74) is -0.562. The molecular weight excluding hydrogens is 264 g/mol. The second kappa shape index (κ2) is 8.74. The second-order valence-corrected chi connectivity index (χ2v) is 6.98. The molecule has 0 aliphatic carbocycles. The minimum absolute atomic E-state index is 0.119. The van der Waals surface area contributed by atoms with E-state index in [4.69, 9.17) is 4.74 Å². The van der Waals surface area contributed by atoms with Gasteiger partial charge >= 0.3 is 5.97 Å². The van der Waals surface area contributed by atoms with Crippen LogP contribution in [0.25, 0.3) is 0 Å². The maximum Gasteiger partial charge on any atom is 0.326 e. The van der Waals surface area contributed by atoms with Crippen LogP contribution in [0.1, 0.15) is 60.3 Å². The molecule has 0 spiro atoms. The molecule has 21 heavy (non-hydrogen) atoms. The van der Waals surface area contributed by atoms with Crippen molar-refractivity contribution < 1.29 is 9.53 Å². The van der Waals surface area contributed by atoms with E-state index in [1.54, 1.807) is 0 Å². The number of esters is 1. The Balaban J connectivity index is 2.43. The Bertz CT molecular complexity index is 312. The lowest BCUT2D eigenvalue weighted by atomic mass is 9.93. The molecule has 1 aliphatic heterocycles. The maximum absolute atomic E-state index is 12.2. The van der Waals surface area contributed by atoms with Crippen molar-refractivity contribution in [3.8, 4) is 0 Å². The van der Waals surface area contributed by atoms with Gasteiger partial charge in [-0.3, -0.25) is 10.1 Å². The molecule has 1 heterocycles. The van der Waals surface area contributed by atoms with Crippen molar-refractivity contribution in [2.75, 3.05) is 26.2 Å². The fourth-order valence-corrected chi connectivity index (χ4v) is 3.10. The number of piperidine rings is 1. The van der Waals surface area contributed by atoms with Crippen molar-refractivity contribution in [2.24, 2.45) is 5.92 Å². The topological polar surface area (TPSA) is 41.6 Å². The summed E-state index contributed by atoms with van der Waals surface area (Å²) in [6, 6.07) is 0.273. The number of likely N-dealkylation sites (tertiary alicyclic amines) is 1. The van der Waals surface area contributed by atoms with Crippen molar-refractivity contribution in [1.82, 2.24) is 10.2 Å². The Morgan fingerprint density at radius 2 is 2.00 bits per heavy atom. The highest BCUT2D eigenvalue weighted by Crippen LogP contribution is 2.19. The first-order chi connectivity index (χ1) is 9.87. The molecule has 0 aromatic carbocycles. The SMILES string of the molecule is CCOC(=O)C(C)(CCCN1CCC(C)CC1)NC(C)C. The third kappa shape index (κ3) is 6.35. The molecule has 1 saturated heterocycles. The van der Waals surface area contributed by atoms with E-state index in [0.29, 0.717) is 6.61 Å². The molecule has 4 nitrogen and oxygen atoms in total. The van der Waals surface area contributed by atoms with Gasteiger partial charge in [0.2, 0.25) is 0 Å². The minimum atomic E-state index is -0.562. The van der Waals surface area contributed by atoms with Crippen molar-refractivity contribution in [2.45, 2.75) is 71.9 Å². The van der Waals surface area contributed by atoms with Gasteiger partial charge in [-0.15, -0.1) is 0 Å². The van der Waals surface area contributed by atoms with Gasteiger partial charge in [0.25, 0.3) is 0 Å². The minimum Gasteiger partial charge on any atom is -0.465 e. The van der Waals surface area contributed by atoms with Crippen LogP contribution in [0.15, 0.2) is 0 Å². The maximum atomic E-state index is 12.2. The zero-order valence-electron chi connectivity index (χ0n) is 14.6. The van der Waals surface area contributed by atoms with Gasteiger partial charge in [0, 0.05) is 6.04 Å². The number of nitrogens with zero attached hydrogens (tertiary/aromatic N) is 1. The average Bonchev–Trinajstić information content (AvgIpc) is 2.40. The average molecular weight is 298 g/mol. The zero-order chi connectivity index (χ0) is 15.9. The molecule has 1 unspecified atom stereocenters. The van der Waals surface area contributed by atoms with Crippen molar-refractivity contribution >= 4 is 5.97 Å². The number of nitrogens with one attached hydrogen (secondary N) is 1. The lowest BCUT2D eigenvalue weighted by Gasteiger charge is -2.33. The number of ether oxygens (including phenoxy) is 1. The van der Waals surface area contributed by atoms with Crippen molar-refractivity contribution in [1.29, 1.82) is 0 Å². The second-order valence-electron chi connectivity index (χ2n) is 6.98. The van der Waals surface area contributed by atoms with Gasteiger partial charge in [-0.25, -0.2) is 0 Å². The molecule has 0 amide bonds. The van der Waals surface area contributed by atoms with Crippen LogP contribution >= 0.6 is 0 Å². The molecule has 0 saturated carbocycles. The van der Waals surface area contributed by atoms with Crippen molar-refractivity contribution in [3.05, 3.63) is 0 Å². The standard InChI is InChI=1S/C17H34N2O2/c1-6-21-16(20)17(5,18-14(2)3)10-7-11-19-12-8-15(4)9-13-19/h14-15,18H,6-13H2,1-5H3. The van der Waals surface area contributed by atoms with Crippen LogP contribution < -0.4 is 5.32 Å². The molecule has 1 N–H and O–H groups in total. The van der Waals surface area contributed by atoms with E-state index in [0.717, 1.165) is 25.3 Å². The van der Waals surface area contributed by atoms with E-state index in [2.05, 4.69) is 31.0 Å². The summed E-state index contributed by atoms with van der Waals surface area (Å²) in [5, 5.41) is 3.39. The molecular formula is C17H34N2O2. The van der Waals surface area contributed by atoms with Crippen molar-refractivity contribution in [3.63, 3.8) is 0 Å². The lowest BCUT2D eigenvalue weighted by molar-refractivity contribution is -0.151. The van der Waals surface area contributed by atoms with E-state index in [-0.39, 0.29) is 12.0 Å². The van der Waals surface area contributed by atoms with Crippen LogP contribution in [0.5, 0.6) is 0 Å². The van der Waals surface area contributed by atoms with Gasteiger partial charge in [0.05, 0.1) is 6.61 Å². The van der Waals surface area contributed by atoms with E-state index in [1.807, 2.05) is 13.8 Å². The Morgan fingerprint density at radius 3 is 2.52 bits per heavy atom. The summed E-state index contributed by atoms with van der Waals surface area (Å²) in [6.45, 7) is 14.3. The van der Waals surface area contributed by atoms with E-state index < -0.39 is 5.54 Å². The van der Waals surface area contributed by atoms with E-state index >= 15 is 0 Å². The molecule has 4 heteroatoms. The molecule has 0 radical (unpaired) electrons. The molecule has 1 atom stereocenters. The molecule has 0 aromatic rings. The fraction of sp³-hybridized carbons (Fsp3) is 0.941. The van der Waals surface area contributed by atoms with E-state index in [1.165, 1.54) is 25.9 Å². The smallest absolute Gasteiger partial charge is 0.326 e. The molecule has 0 aromatic heterocycles. The quantitative estimate of drug-likeness (QED) is 0.700. The highest BCUT2D eigenvalue weighted by molar-refractivity contribution is 5.80. The number of carbonyl (C=O) groups excluding carboxylic acids is 1. The third-order valence-electron chi connectivity index (χ3n) is 4.36. The molecule has 0 bridgehead atoms. The number of hydrogen-bond acceptors (Lipinski definition) is 4. The largest absolute Gasteiger partial charge is 0.465 e. The Labute approximate surface area is 130 Å². The van der Waals surface area contributed by atoms with Crippen LogP contribution in [0.2, 0.25) is 0 Å². The molecule has 124 valence electrons. The molecule has 1 fully saturated rings. The molecule has 1 aliphatic rings. The number of rotatable bonds is 8. The summed E-state index contributed by atoms with van der Waals surface area (Å²) in [6.07, 6.45) is 4.47. The van der Waals surface area contributed by atoms with Crippen LogP contribution in [0, 0.1) is 5.92 Å². The molecule has 1 rings (SSSR count). The van der Waals surface area contributed by atoms with Crippen LogP contribution in [0.4, 0.5) is 0 Å². The summed E-state index contributed by atoms with van der Waals surface area (Å²) >= 11 is 0. The van der Waals surface area contributed by atoms with Crippen LogP contribution in [-0.4, -0.2) is 48.7 Å². The van der Waals surface area contributed by atoms with Gasteiger partial charge in [-0.1, -0.05) is 6.92 Å². The van der Waals surface area contributed by atoms with Gasteiger partial charge < -0.3 is 9.64 Å². The number of carbonyl (C=O) groups is 1. The Kier molecular flexibility index (Phi) is 7.67. The first-order valence-corrected chi connectivity index (χ1v) is 8.54. The van der Waals surface area contributed by atoms with Gasteiger partial charge in [-0.2, -0.15) is 0 Å². The number of hydrogen-bond donors (Lipinski definition) is 1. The van der Waals surface area contributed by atoms with E-state index in [9.17, 15) is 4.79 Å². The summed E-state index contributed by atoms with van der Waals surface area (Å²) in [4.78, 5) is 14.8. The summed E-state index contributed by atoms with van der Waals surface area (Å²) in [7, 11) is 0. The monoisotopic (exact) mass is 298 g/mol. The van der Waals surface area contributed by atoms with Gasteiger partial charge in [-0.05, 0) is 78.9 Å². The summed E-state index contributed by atoms with van der Waals surface area (Å²) < 4.78 is 5.25. The Hall–Kier alpha value is -0.610. The third-order valence-corrected chi connectivity index (χ3v) is 4.36. The van der Waals surface area contributed by atoms with Crippen LogP contribution in [0.3, 0.4) is 0 Å². The predicted octanol–water partition coefficient (Wildman–Crippen LogP) is 2.82. The highest BCUT2D eigenvalue weighted by atomic mass is 16.5. The lowest BCUT2D eigenvalue weighted by Crippen LogP contribution is -2.53. The summed E-state index contributed by atoms with van der Waals surface area (Å²) in [5.74, 6) is 0.750. The van der Waals surface area contributed by atoms with Gasteiger partial charge in [0.15, 0.2) is 0 Å². The fourth-order valence-electron chi connectivity index (χ4n) is 3.10. The highest BCUT2D eigenvalue weighted by Gasteiger charge is 2.34. The normalized spacial score (nSPS) is 20.5. The first-order valence-electron chi connectivity index (χ1n) is 8.54. The van der Waals surface area contributed by atoms with Crippen LogP contribution in [-0.2, 0) is 9.53 Å². The predicted molar refractivity (Wildman–Crippen MR) is 87.4 cm³/mol. The Morgan fingerprint density at radius 1 is 1.38 bits per heavy atom.